The summed E-state index contributed by atoms with van der Waals surface area (Å²) in [7, 11) is 3.13. The van der Waals surface area contributed by atoms with Crippen LogP contribution in [0.5, 0.6) is 5.75 Å². The van der Waals surface area contributed by atoms with Gasteiger partial charge in [-0.2, -0.15) is 0 Å². The lowest BCUT2D eigenvalue weighted by molar-refractivity contribution is 0.415. The third-order valence-electron chi connectivity index (χ3n) is 4.68. The molecule has 4 aromatic rings. The fourth-order valence-corrected chi connectivity index (χ4v) is 3.07. The molecule has 0 spiro atoms. The molecule has 0 atom stereocenters. The van der Waals surface area contributed by atoms with E-state index in [9.17, 15) is 14.0 Å². The van der Waals surface area contributed by atoms with E-state index in [1.807, 2.05) is 0 Å². The maximum Gasteiger partial charge on any atom is 0.332 e. The maximum absolute atomic E-state index is 13.1. The molecule has 0 fully saturated rings. The van der Waals surface area contributed by atoms with Gasteiger partial charge in [-0.3, -0.25) is 13.9 Å². The second-order valence-electron chi connectivity index (χ2n) is 6.52. The van der Waals surface area contributed by atoms with Gasteiger partial charge in [-0.25, -0.2) is 19.2 Å². The summed E-state index contributed by atoms with van der Waals surface area (Å²) in [6.07, 6.45) is 1.42. The summed E-state index contributed by atoms with van der Waals surface area (Å²) in [4.78, 5) is 34.4. The number of benzene rings is 2. The number of hydrogen-bond donors (Lipinski definition) is 0. The highest BCUT2D eigenvalue weighted by Gasteiger charge is 2.14. The molecule has 0 amide bonds. The van der Waals surface area contributed by atoms with E-state index in [2.05, 4.69) is 9.97 Å². The van der Waals surface area contributed by atoms with Crippen LogP contribution in [-0.4, -0.2) is 26.2 Å². The Hall–Kier alpha value is -3.81. The summed E-state index contributed by atoms with van der Waals surface area (Å²) in [5.74, 6) is 0.712. The van der Waals surface area contributed by atoms with Crippen molar-refractivity contribution in [1.29, 1.82) is 0 Å². The van der Waals surface area contributed by atoms with Gasteiger partial charge in [-0.15, -0.1) is 0 Å². The number of nitrogens with zero attached hydrogens (tertiary/aromatic N) is 4. The van der Waals surface area contributed by atoms with Gasteiger partial charge in [0, 0.05) is 18.8 Å². The molecular formula is C21H17FN4O3. The quantitative estimate of drug-likeness (QED) is 0.533. The number of hydrogen-bond acceptors (Lipinski definition) is 5. The fraction of sp³-hybridized carbons (Fsp3) is 0.143. The van der Waals surface area contributed by atoms with E-state index in [1.54, 1.807) is 38.4 Å². The molecule has 0 radical (unpaired) electrons. The number of rotatable bonds is 4. The fourth-order valence-electron chi connectivity index (χ4n) is 3.07. The Balaban J connectivity index is 1.82. The predicted molar refractivity (Wildman–Crippen MR) is 107 cm³/mol. The van der Waals surface area contributed by atoms with Gasteiger partial charge in [0.15, 0.2) is 11.5 Å². The number of aromatic nitrogens is 4. The van der Waals surface area contributed by atoms with Crippen LogP contribution in [0.3, 0.4) is 0 Å². The highest BCUT2D eigenvalue weighted by molar-refractivity contribution is 5.75. The molecule has 2 aromatic heterocycles. The van der Waals surface area contributed by atoms with Crippen molar-refractivity contribution in [3.8, 4) is 17.1 Å². The largest absolute Gasteiger partial charge is 0.497 e. The minimum Gasteiger partial charge on any atom is -0.497 e. The predicted octanol–water partition coefficient (Wildman–Crippen LogP) is 2.35. The molecule has 0 saturated heterocycles. The van der Waals surface area contributed by atoms with Crippen molar-refractivity contribution in [1.82, 2.24) is 19.1 Å². The molecule has 146 valence electrons. The van der Waals surface area contributed by atoms with Gasteiger partial charge in [0.25, 0.3) is 5.56 Å². The number of fused-ring (bicyclic) bond motifs is 1. The Morgan fingerprint density at radius 1 is 1.03 bits per heavy atom. The normalized spacial score (nSPS) is 11.0. The van der Waals surface area contributed by atoms with Crippen LogP contribution in [0.1, 0.15) is 5.56 Å². The Labute approximate surface area is 164 Å². The van der Waals surface area contributed by atoms with Gasteiger partial charge in [0.2, 0.25) is 0 Å². The first-order valence-electron chi connectivity index (χ1n) is 8.83. The highest BCUT2D eigenvalue weighted by atomic mass is 19.1. The van der Waals surface area contributed by atoms with Crippen molar-refractivity contribution in [3.05, 3.63) is 86.9 Å². The van der Waals surface area contributed by atoms with Crippen molar-refractivity contribution in [2.75, 3.05) is 7.11 Å². The zero-order valence-electron chi connectivity index (χ0n) is 15.8. The van der Waals surface area contributed by atoms with Crippen molar-refractivity contribution >= 4 is 11.0 Å². The zero-order valence-corrected chi connectivity index (χ0v) is 15.8. The summed E-state index contributed by atoms with van der Waals surface area (Å²) in [5, 5.41) is 0.228. The van der Waals surface area contributed by atoms with Gasteiger partial charge in [0.05, 0.1) is 13.7 Å². The van der Waals surface area contributed by atoms with E-state index in [0.29, 0.717) is 17.1 Å². The van der Waals surface area contributed by atoms with E-state index in [-0.39, 0.29) is 23.4 Å². The van der Waals surface area contributed by atoms with E-state index >= 15 is 0 Å². The first-order valence-corrected chi connectivity index (χ1v) is 8.83. The van der Waals surface area contributed by atoms with E-state index < -0.39 is 11.2 Å². The molecule has 0 N–H and O–H groups in total. The van der Waals surface area contributed by atoms with Crippen molar-refractivity contribution < 1.29 is 9.13 Å². The van der Waals surface area contributed by atoms with E-state index in [0.717, 1.165) is 10.1 Å². The van der Waals surface area contributed by atoms with E-state index in [1.165, 1.54) is 35.0 Å². The first-order chi connectivity index (χ1) is 14.0. The topological polar surface area (TPSA) is 79.0 Å². The Bertz CT molecular complexity index is 1310. The van der Waals surface area contributed by atoms with Gasteiger partial charge in [-0.05, 0) is 42.0 Å². The minimum atomic E-state index is -0.508. The molecule has 0 aliphatic heterocycles. The van der Waals surface area contributed by atoms with Crippen LogP contribution in [0.15, 0.2) is 64.3 Å². The Kier molecular flexibility index (Phi) is 4.67. The number of methoxy groups -OCH3 is 1. The summed E-state index contributed by atoms with van der Waals surface area (Å²) in [5.41, 5.74) is 0.618. The van der Waals surface area contributed by atoms with Crippen molar-refractivity contribution in [2.24, 2.45) is 7.05 Å². The number of halogens is 1. The van der Waals surface area contributed by atoms with Crippen LogP contribution in [0.4, 0.5) is 4.39 Å². The molecule has 0 bridgehead atoms. The Morgan fingerprint density at radius 2 is 1.72 bits per heavy atom. The Morgan fingerprint density at radius 3 is 2.38 bits per heavy atom. The van der Waals surface area contributed by atoms with E-state index in [4.69, 9.17) is 4.74 Å². The second-order valence-corrected chi connectivity index (χ2v) is 6.52. The number of ether oxygens (including phenoxy) is 1. The van der Waals surface area contributed by atoms with Crippen LogP contribution in [-0.2, 0) is 13.6 Å². The first kappa shape index (κ1) is 18.5. The lowest BCUT2D eigenvalue weighted by Gasteiger charge is -2.11. The monoisotopic (exact) mass is 392 g/mol. The lowest BCUT2D eigenvalue weighted by Crippen LogP contribution is -2.39. The molecule has 7 nitrogen and oxygen atoms in total. The van der Waals surface area contributed by atoms with Crippen molar-refractivity contribution in [3.63, 3.8) is 0 Å². The average molecular weight is 392 g/mol. The summed E-state index contributed by atoms with van der Waals surface area (Å²) in [6.45, 7) is 0.0297. The molecule has 29 heavy (non-hydrogen) atoms. The van der Waals surface area contributed by atoms with Crippen LogP contribution >= 0.6 is 0 Å². The lowest BCUT2D eigenvalue weighted by atomic mass is 10.2. The zero-order chi connectivity index (χ0) is 20.5. The van der Waals surface area contributed by atoms with Gasteiger partial charge in [-0.1, -0.05) is 12.1 Å². The smallest absolute Gasteiger partial charge is 0.332 e. The second kappa shape index (κ2) is 7.31. The van der Waals surface area contributed by atoms with Crippen LogP contribution in [0.2, 0.25) is 0 Å². The van der Waals surface area contributed by atoms with Crippen LogP contribution < -0.4 is 16.0 Å². The third kappa shape index (κ3) is 3.40. The van der Waals surface area contributed by atoms with Crippen LogP contribution in [0.25, 0.3) is 22.4 Å². The van der Waals surface area contributed by atoms with Gasteiger partial charge < -0.3 is 4.74 Å². The SMILES string of the molecule is COc1ccc(-c2ncc3c(=O)n(Cc4ccc(F)cc4)c(=O)n(C)c3n2)cc1. The molecule has 8 heteroatoms. The standard InChI is InChI=1S/C21H17FN4O3/c1-25-19-17(11-23-18(24-19)14-5-9-16(29-2)10-6-14)20(27)26(21(25)28)12-13-3-7-15(22)8-4-13/h3-11H,12H2,1-2H3. The highest BCUT2D eigenvalue weighted by Crippen LogP contribution is 2.20. The summed E-state index contributed by atoms with van der Waals surface area (Å²) >= 11 is 0. The summed E-state index contributed by atoms with van der Waals surface area (Å²) < 4.78 is 20.7. The number of aryl methyl sites for hydroxylation is 1. The molecular weight excluding hydrogens is 375 g/mol. The van der Waals surface area contributed by atoms with Gasteiger partial charge >= 0.3 is 5.69 Å². The average Bonchev–Trinajstić information content (AvgIpc) is 2.76. The molecule has 2 aromatic carbocycles. The van der Waals surface area contributed by atoms with Crippen LogP contribution in [0, 0.1) is 5.82 Å². The summed E-state index contributed by atoms with van der Waals surface area (Å²) in [6, 6.07) is 12.8. The molecule has 0 aliphatic carbocycles. The molecule has 0 saturated carbocycles. The minimum absolute atomic E-state index is 0.0297. The molecule has 0 unspecified atom stereocenters. The molecule has 2 heterocycles. The molecule has 4 rings (SSSR count). The molecule has 0 aliphatic rings. The third-order valence-corrected chi connectivity index (χ3v) is 4.68. The van der Waals surface area contributed by atoms with Crippen molar-refractivity contribution in [2.45, 2.75) is 6.54 Å². The van der Waals surface area contributed by atoms with Gasteiger partial charge in [0.1, 0.15) is 17.0 Å². The maximum atomic E-state index is 13.1.